The van der Waals surface area contributed by atoms with Gasteiger partial charge in [-0.1, -0.05) is 0 Å². The van der Waals surface area contributed by atoms with Crippen LogP contribution < -0.4 is 5.32 Å². The number of esters is 1. The first-order valence-corrected chi connectivity index (χ1v) is 6.60. The van der Waals surface area contributed by atoms with Crippen LogP contribution in [0.25, 0.3) is 11.0 Å². The molecule has 0 amide bonds. The van der Waals surface area contributed by atoms with E-state index < -0.39 is 5.54 Å². The Hall–Kier alpha value is -1.88. The highest BCUT2D eigenvalue weighted by Crippen LogP contribution is 2.20. The topological polar surface area (TPSA) is 56.2 Å². The molecule has 0 spiro atoms. The van der Waals surface area contributed by atoms with Gasteiger partial charge in [0, 0.05) is 0 Å². The number of nitrogens with zero attached hydrogens (tertiary/aromatic N) is 2. The molecule has 2 rings (SSSR count). The first-order chi connectivity index (χ1) is 9.41. The first-order valence-electron chi connectivity index (χ1n) is 6.60. The smallest absolute Gasteiger partial charge is 0.327 e. The summed E-state index contributed by atoms with van der Waals surface area (Å²) in [5.74, 6) is -0.286. The lowest BCUT2D eigenvalue weighted by atomic mass is 10.0. The van der Waals surface area contributed by atoms with E-state index in [2.05, 4.69) is 36.3 Å². The van der Waals surface area contributed by atoms with Gasteiger partial charge in [-0.3, -0.25) is 0 Å². The van der Waals surface area contributed by atoms with Gasteiger partial charge in [0.1, 0.15) is 5.54 Å². The second-order valence-electron chi connectivity index (χ2n) is 5.37. The van der Waals surface area contributed by atoms with Crippen LogP contribution in [0, 0.1) is 13.8 Å². The summed E-state index contributed by atoms with van der Waals surface area (Å²) in [6.45, 7) is 6.44. The van der Waals surface area contributed by atoms with Crippen molar-refractivity contribution in [3.63, 3.8) is 0 Å². The van der Waals surface area contributed by atoms with Gasteiger partial charge in [-0.25, -0.2) is 9.78 Å². The third-order valence-corrected chi connectivity index (χ3v) is 3.91. The number of fused-ring (bicyclic) bond motifs is 1. The van der Waals surface area contributed by atoms with E-state index in [4.69, 9.17) is 4.74 Å². The van der Waals surface area contributed by atoms with Gasteiger partial charge >= 0.3 is 5.97 Å². The predicted molar refractivity (Wildman–Crippen MR) is 78.7 cm³/mol. The Bertz CT molecular complexity index is 648. The molecular weight excluding hydrogens is 254 g/mol. The standard InChI is InChI=1S/C15H21N3O2/c1-10-6-12-13(7-11(10)2)18(9-17-12)8-15(3,16-4)14(19)20-5/h6-7,9,16H,8H2,1-5H3. The highest BCUT2D eigenvalue weighted by molar-refractivity contribution is 5.81. The van der Waals surface area contributed by atoms with Crippen LogP contribution in [-0.4, -0.2) is 35.2 Å². The van der Waals surface area contributed by atoms with Crippen LogP contribution in [0.15, 0.2) is 18.5 Å². The quantitative estimate of drug-likeness (QED) is 0.865. The Labute approximate surface area is 118 Å². The third kappa shape index (κ3) is 2.41. The zero-order valence-corrected chi connectivity index (χ0v) is 12.7. The molecule has 0 saturated heterocycles. The Balaban J connectivity index is 2.43. The van der Waals surface area contributed by atoms with Gasteiger partial charge in [0.25, 0.3) is 0 Å². The van der Waals surface area contributed by atoms with E-state index >= 15 is 0 Å². The number of hydrogen-bond donors (Lipinski definition) is 1. The Morgan fingerprint density at radius 3 is 2.65 bits per heavy atom. The molecule has 20 heavy (non-hydrogen) atoms. The number of carbonyl (C=O) groups is 1. The van der Waals surface area contributed by atoms with Crippen molar-refractivity contribution in [3.05, 3.63) is 29.6 Å². The first kappa shape index (κ1) is 14.5. The van der Waals surface area contributed by atoms with Gasteiger partial charge in [-0.2, -0.15) is 0 Å². The molecular formula is C15H21N3O2. The van der Waals surface area contributed by atoms with Gasteiger partial charge in [0.2, 0.25) is 0 Å². The molecule has 2 aromatic rings. The minimum atomic E-state index is -0.777. The van der Waals surface area contributed by atoms with Crippen LogP contribution in [0.3, 0.4) is 0 Å². The molecule has 1 N–H and O–H groups in total. The molecule has 1 atom stereocenters. The summed E-state index contributed by atoms with van der Waals surface area (Å²) in [5, 5.41) is 3.03. The minimum absolute atomic E-state index is 0.286. The molecule has 0 aliphatic carbocycles. The van der Waals surface area contributed by atoms with Crippen LogP contribution in [0.2, 0.25) is 0 Å². The van der Waals surface area contributed by atoms with E-state index in [-0.39, 0.29) is 5.97 Å². The lowest BCUT2D eigenvalue weighted by molar-refractivity contribution is -0.148. The monoisotopic (exact) mass is 275 g/mol. The molecule has 1 aromatic carbocycles. The number of methoxy groups -OCH3 is 1. The van der Waals surface area contributed by atoms with Gasteiger partial charge in [-0.05, 0) is 51.1 Å². The second kappa shape index (κ2) is 5.25. The maximum absolute atomic E-state index is 11.9. The number of benzene rings is 1. The molecule has 0 fully saturated rings. The van der Waals surface area contributed by atoms with Crippen LogP contribution in [-0.2, 0) is 16.1 Å². The van der Waals surface area contributed by atoms with Crippen LogP contribution in [0.1, 0.15) is 18.1 Å². The molecule has 0 radical (unpaired) electrons. The number of rotatable bonds is 4. The van der Waals surface area contributed by atoms with E-state index in [0.29, 0.717) is 6.54 Å². The van der Waals surface area contributed by atoms with Crippen molar-refractivity contribution in [2.24, 2.45) is 0 Å². The average molecular weight is 275 g/mol. The molecule has 0 aliphatic rings. The van der Waals surface area contributed by atoms with Crippen LogP contribution in [0.5, 0.6) is 0 Å². The summed E-state index contributed by atoms with van der Waals surface area (Å²) in [6.07, 6.45) is 1.77. The number of imidazole rings is 1. The van der Waals surface area contributed by atoms with Crippen LogP contribution in [0.4, 0.5) is 0 Å². The number of ether oxygens (including phenoxy) is 1. The molecule has 5 nitrogen and oxygen atoms in total. The fourth-order valence-corrected chi connectivity index (χ4v) is 2.25. The van der Waals surface area contributed by atoms with Crippen LogP contribution >= 0.6 is 0 Å². The summed E-state index contributed by atoms with van der Waals surface area (Å²) in [4.78, 5) is 16.3. The SMILES string of the molecule is CNC(C)(Cn1cnc2cc(C)c(C)cc21)C(=O)OC. The highest BCUT2D eigenvalue weighted by atomic mass is 16.5. The molecule has 5 heteroatoms. The Morgan fingerprint density at radius 1 is 1.40 bits per heavy atom. The Morgan fingerprint density at radius 2 is 2.05 bits per heavy atom. The van der Waals surface area contributed by atoms with Crippen molar-refractivity contribution in [1.82, 2.24) is 14.9 Å². The largest absolute Gasteiger partial charge is 0.468 e. The number of nitrogens with one attached hydrogen (secondary N) is 1. The summed E-state index contributed by atoms with van der Waals surface area (Å²) >= 11 is 0. The highest BCUT2D eigenvalue weighted by Gasteiger charge is 2.33. The van der Waals surface area contributed by atoms with Gasteiger partial charge < -0.3 is 14.6 Å². The normalized spacial score (nSPS) is 14.2. The predicted octanol–water partition coefficient (Wildman–Crippen LogP) is 1.80. The van der Waals surface area contributed by atoms with Gasteiger partial charge in [-0.15, -0.1) is 0 Å². The third-order valence-electron chi connectivity index (χ3n) is 3.91. The molecule has 108 valence electrons. The van der Waals surface area contributed by atoms with E-state index in [1.165, 1.54) is 18.2 Å². The molecule has 0 aliphatic heterocycles. The van der Waals surface area contributed by atoms with E-state index in [1.54, 1.807) is 13.4 Å². The van der Waals surface area contributed by atoms with Crippen molar-refractivity contribution < 1.29 is 9.53 Å². The number of likely N-dealkylation sites (N-methyl/N-ethyl adjacent to an activating group) is 1. The lowest BCUT2D eigenvalue weighted by Crippen LogP contribution is -2.51. The van der Waals surface area contributed by atoms with Crippen molar-refractivity contribution >= 4 is 17.0 Å². The summed E-state index contributed by atoms with van der Waals surface area (Å²) in [6, 6.07) is 4.17. The minimum Gasteiger partial charge on any atom is -0.468 e. The summed E-state index contributed by atoms with van der Waals surface area (Å²) in [5.41, 5.74) is 3.62. The number of aryl methyl sites for hydroxylation is 2. The fourth-order valence-electron chi connectivity index (χ4n) is 2.25. The molecule has 0 bridgehead atoms. The second-order valence-corrected chi connectivity index (χ2v) is 5.37. The van der Waals surface area contributed by atoms with Crippen molar-refractivity contribution in [1.29, 1.82) is 0 Å². The molecule has 1 unspecified atom stereocenters. The van der Waals surface area contributed by atoms with Crippen molar-refractivity contribution in [2.45, 2.75) is 32.9 Å². The fraction of sp³-hybridized carbons (Fsp3) is 0.467. The molecule has 0 saturated carbocycles. The average Bonchev–Trinajstić information content (AvgIpc) is 2.80. The van der Waals surface area contributed by atoms with E-state index in [1.807, 2.05) is 11.5 Å². The zero-order valence-electron chi connectivity index (χ0n) is 12.7. The lowest BCUT2D eigenvalue weighted by Gasteiger charge is -2.26. The zero-order chi connectivity index (χ0) is 14.9. The summed E-state index contributed by atoms with van der Waals surface area (Å²) in [7, 11) is 3.16. The molecule has 1 heterocycles. The number of aromatic nitrogens is 2. The van der Waals surface area contributed by atoms with Gasteiger partial charge in [0.15, 0.2) is 0 Å². The Kier molecular flexibility index (Phi) is 3.81. The van der Waals surface area contributed by atoms with Crippen molar-refractivity contribution in [2.75, 3.05) is 14.2 Å². The number of carbonyl (C=O) groups excluding carboxylic acids is 1. The summed E-state index contributed by atoms with van der Waals surface area (Å²) < 4.78 is 6.86. The van der Waals surface area contributed by atoms with Crippen molar-refractivity contribution in [3.8, 4) is 0 Å². The number of hydrogen-bond acceptors (Lipinski definition) is 4. The maximum Gasteiger partial charge on any atom is 0.327 e. The molecule has 1 aromatic heterocycles. The van der Waals surface area contributed by atoms with E-state index in [9.17, 15) is 4.79 Å². The van der Waals surface area contributed by atoms with E-state index in [0.717, 1.165) is 11.0 Å². The maximum atomic E-state index is 11.9. The van der Waals surface area contributed by atoms with Gasteiger partial charge in [0.05, 0.1) is 31.0 Å².